The van der Waals surface area contributed by atoms with Gasteiger partial charge in [-0.25, -0.2) is 4.79 Å². The topological polar surface area (TPSA) is 87.6 Å². The lowest BCUT2D eigenvalue weighted by atomic mass is 10.2. The Morgan fingerprint density at radius 3 is 2.83 bits per heavy atom. The molecule has 0 aliphatic carbocycles. The van der Waals surface area contributed by atoms with Crippen LogP contribution >= 0.6 is 0 Å². The molecule has 7 nitrogen and oxygen atoms in total. The SMILES string of the molecule is O=C(OCc1nnc(-c2ccco2)o1)c1cccc(OC(F)F)c1. The van der Waals surface area contributed by atoms with Crippen LogP contribution in [0.1, 0.15) is 16.2 Å². The highest BCUT2D eigenvalue weighted by Gasteiger charge is 2.14. The predicted octanol–water partition coefficient (Wildman–Crippen LogP) is 3.29. The summed E-state index contributed by atoms with van der Waals surface area (Å²) in [6.45, 7) is -3.25. The maximum Gasteiger partial charge on any atom is 0.387 e. The van der Waals surface area contributed by atoms with E-state index in [1.807, 2.05) is 0 Å². The van der Waals surface area contributed by atoms with Crippen LogP contribution in [0.5, 0.6) is 5.75 Å². The molecule has 0 fully saturated rings. The molecular formula is C15H10F2N2O5. The Balaban J connectivity index is 1.61. The van der Waals surface area contributed by atoms with E-state index in [2.05, 4.69) is 14.9 Å². The number of ether oxygens (including phenoxy) is 2. The molecule has 1 aromatic carbocycles. The van der Waals surface area contributed by atoms with Gasteiger partial charge in [-0.1, -0.05) is 6.07 Å². The first-order valence-corrected chi connectivity index (χ1v) is 6.70. The summed E-state index contributed by atoms with van der Waals surface area (Å²) in [6, 6.07) is 8.55. The van der Waals surface area contributed by atoms with E-state index in [9.17, 15) is 13.6 Å². The number of alkyl halides is 2. The zero-order valence-corrected chi connectivity index (χ0v) is 12.0. The third-order valence-electron chi connectivity index (χ3n) is 2.82. The van der Waals surface area contributed by atoms with Crippen LogP contribution in [0.2, 0.25) is 0 Å². The fourth-order valence-electron chi connectivity index (χ4n) is 1.82. The number of carbonyl (C=O) groups is 1. The molecule has 0 unspecified atom stereocenters. The number of furan rings is 1. The first kappa shape index (κ1) is 15.7. The van der Waals surface area contributed by atoms with Crippen molar-refractivity contribution in [3.8, 4) is 17.4 Å². The third-order valence-corrected chi connectivity index (χ3v) is 2.82. The van der Waals surface area contributed by atoms with Crippen LogP contribution in [0.3, 0.4) is 0 Å². The molecule has 0 saturated heterocycles. The lowest BCUT2D eigenvalue weighted by molar-refractivity contribution is -0.0499. The normalized spacial score (nSPS) is 10.8. The number of halogens is 2. The van der Waals surface area contributed by atoms with Crippen molar-refractivity contribution in [2.75, 3.05) is 0 Å². The second-order valence-corrected chi connectivity index (χ2v) is 4.46. The van der Waals surface area contributed by atoms with Gasteiger partial charge in [0.1, 0.15) is 5.75 Å². The minimum absolute atomic E-state index is 0.0546. The maximum absolute atomic E-state index is 12.2. The average molecular weight is 336 g/mol. The molecule has 0 spiro atoms. The van der Waals surface area contributed by atoms with E-state index in [0.717, 1.165) is 6.07 Å². The summed E-state index contributed by atoms with van der Waals surface area (Å²) in [6.07, 6.45) is 1.45. The average Bonchev–Trinajstić information content (AvgIpc) is 3.23. The first-order valence-electron chi connectivity index (χ1n) is 6.70. The third kappa shape index (κ3) is 3.75. The van der Waals surface area contributed by atoms with E-state index in [4.69, 9.17) is 13.6 Å². The Hall–Kier alpha value is -3.23. The highest BCUT2D eigenvalue weighted by molar-refractivity contribution is 5.89. The highest BCUT2D eigenvalue weighted by atomic mass is 19.3. The van der Waals surface area contributed by atoms with Crippen molar-refractivity contribution in [1.29, 1.82) is 0 Å². The molecule has 24 heavy (non-hydrogen) atoms. The van der Waals surface area contributed by atoms with Crippen LogP contribution in [0.15, 0.2) is 51.5 Å². The molecule has 0 saturated carbocycles. The van der Waals surface area contributed by atoms with Crippen LogP contribution in [0.25, 0.3) is 11.7 Å². The van der Waals surface area contributed by atoms with E-state index in [-0.39, 0.29) is 29.7 Å². The Bertz CT molecular complexity index is 817. The number of carbonyl (C=O) groups excluding carboxylic acids is 1. The molecule has 3 rings (SSSR count). The van der Waals surface area contributed by atoms with Crippen LogP contribution < -0.4 is 4.74 Å². The smallest absolute Gasteiger partial charge is 0.387 e. The summed E-state index contributed by atoms with van der Waals surface area (Å²) >= 11 is 0. The number of rotatable bonds is 6. The Kier molecular flexibility index (Phi) is 4.50. The Labute approximate surface area is 133 Å². The quantitative estimate of drug-likeness (QED) is 0.638. The van der Waals surface area contributed by atoms with E-state index < -0.39 is 12.6 Å². The molecule has 0 aliphatic heterocycles. The largest absolute Gasteiger partial charge is 0.459 e. The Morgan fingerprint density at radius 1 is 1.21 bits per heavy atom. The van der Waals surface area contributed by atoms with Gasteiger partial charge in [0.15, 0.2) is 12.4 Å². The summed E-state index contributed by atoms with van der Waals surface area (Å²) in [5.41, 5.74) is 0.0546. The van der Waals surface area contributed by atoms with Gasteiger partial charge in [0, 0.05) is 0 Å². The van der Waals surface area contributed by atoms with Gasteiger partial charge in [-0.05, 0) is 30.3 Å². The van der Waals surface area contributed by atoms with Gasteiger partial charge in [0.2, 0.25) is 0 Å². The van der Waals surface area contributed by atoms with Crippen LogP contribution in [0, 0.1) is 0 Å². The van der Waals surface area contributed by atoms with Crippen molar-refractivity contribution in [1.82, 2.24) is 10.2 Å². The van der Waals surface area contributed by atoms with Gasteiger partial charge < -0.3 is 18.3 Å². The molecule has 0 aliphatic rings. The lowest BCUT2D eigenvalue weighted by Crippen LogP contribution is -2.07. The number of nitrogens with zero attached hydrogens (tertiary/aromatic N) is 2. The monoisotopic (exact) mass is 336 g/mol. The predicted molar refractivity (Wildman–Crippen MR) is 74.2 cm³/mol. The van der Waals surface area contributed by atoms with Crippen molar-refractivity contribution >= 4 is 5.97 Å². The van der Waals surface area contributed by atoms with Gasteiger partial charge in [0.05, 0.1) is 11.8 Å². The first-order chi connectivity index (χ1) is 11.6. The summed E-state index contributed by atoms with van der Waals surface area (Å²) in [5.74, 6) is -0.283. The molecule has 2 aromatic heterocycles. The van der Waals surface area contributed by atoms with Crippen LogP contribution in [0.4, 0.5) is 8.78 Å². The van der Waals surface area contributed by atoms with Gasteiger partial charge in [-0.3, -0.25) is 0 Å². The zero-order chi connectivity index (χ0) is 16.9. The minimum Gasteiger partial charge on any atom is -0.459 e. The molecule has 0 bridgehead atoms. The van der Waals surface area contributed by atoms with Gasteiger partial charge in [-0.15, -0.1) is 10.2 Å². The van der Waals surface area contributed by atoms with Gasteiger partial charge >= 0.3 is 12.6 Å². The number of aromatic nitrogens is 2. The fraction of sp³-hybridized carbons (Fsp3) is 0.133. The van der Waals surface area contributed by atoms with Crippen LogP contribution in [-0.4, -0.2) is 22.8 Å². The molecule has 0 radical (unpaired) electrons. The van der Waals surface area contributed by atoms with Gasteiger partial charge in [-0.2, -0.15) is 8.78 Å². The molecule has 0 amide bonds. The number of benzene rings is 1. The van der Waals surface area contributed by atoms with E-state index in [1.54, 1.807) is 12.1 Å². The van der Waals surface area contributed by atoms with Crippen LogP contribution in [-0.2, 0) is 11.3 Å². The van der Waals surface area contributed by atoms with Crippen molar-refractivity contribution in [3.63, 3.8) is 0 Å². The highest BCUT2D eigenvalue weighted by Crippen LogP contribution is 2.19. The van der Waals surface area contributed by atoms with Crippen molar-refractivity contribution < 1.29 is 31.9 Å². The molecular weight excluding hydrogens is 326 g/mol. The van der Waals surface area contributed by atoms with E-state index in [0.29, 0.717) is 5.76 Å². The number of hydrogen-bond acceptors (Lipinski definition) is 7. The number of esters is 1. The van der Waals surface area contributed by atoms with Gasteiger partial charge in [0.25, 0.3) is 11.8 Å². The summed E-state index contributed by atoms with van der Waals surface area (Å²) in [7, 11) is 0. The fourth-order valence-corrected chi connectivity index (χ4v) is 1.82. The molecule has 2 heterocycles. The molecule has 0 atom stereocenters. The molecule has 124 valence electrons. The molecule has 3 aromatic rings. The minimum atomic E-state index is -2.98. The summed E-state index contributed by atoms with van der Waals surface area (Å²) in [5, 5.41) is 7.47. The van der Waals surface area contributed by atoms with Crippen molar-refractivity contribution in [2.24, 2.45) is 0 Å². The molecule has 9 heteroatoms. The number of hydrogen-bond donors (Lipinski definition) is 0. The second kappa shape index (κ2) is 6.90. The lowest BCUT2D eigenvalue weighted by Gasteiger charge is -2.06. The van der Waals surface area contributed by atoms with Crippen molar-refractivity contribution in [2.45, 2.75) is 13.2 Å². The second-order valence-electron chi connectivity index (χ2n) is 4.46. The summed E-state index contributed by atoms with van der Waals surface area (Å²) in [4.78, 5) is 11.9. The zero-order valence-electron chi connectivity index (χ0n) is 12.0. The maximum atomic E-state index is 12.2. The molecule has 0 N–H and O–H groups in total. The Morgan fingerprint density at radius 2 is 2.08 bits per heavy atom. The summed E-state index contributed by atoms with van der Waals surface area (Å²) < 4.78 is 43.9. The van der Waals surface area contributed by atoms with E-state index >= 15 is 0 Å². The van der Waals surface area contributed by atoms with E-state index in [1.165, 1.54) is 24.5 Å². The van der Waals surface area contributed by atoms with Crippen molar-refractivity contribution in [3.05, 3.63) is 54.1 Å². The standard InChI is InChI=1S/C15H10F2N2O5/c16-15(17)23-10-4-1-3-9(7-10)14(20)22-8-12-18-19-13(24-12)11-5-2-6-21-11/h1-7,15H,8H2.